The Bertz CT molecular complexity index is 1280. The number of aryl methyl sites for hydroxylation is 1. The molecule has 0 atom stereocenters. The second kappa shape index (κ2) is 7.78. The predicted molar refractivity (Wildman–Crippen MR) is 106 cm³/mol. The van der Waals surface area contributed by atoms with Gasteiger partial charge in [0.15, 0.2) is 5.65 Å². The lowest BCUT2D eigenvalue weighted by Crippen LogP contribution is -2.15. The van der Waals surface area contributed by atoms with Gasteiger partial charge in [-0.25, -0.2) is 9.37 Å². The number of carbonyl (C=O) groups is 1. The number of aromatic nitrogens is 4. The first-order valence-electron chi connectivity index (χ1n) is 9.12. The van der Waals surface area contributed by atoms with Crippen LogP contribution in [-0.4, -0.2) is 26.1 Å². The summed E-state index contributed by atoms with van der Waals surface area (Å²) >= 11 is 0. The van der Waals surface area contributed by atoms with Crippen molar-refractivity contribution in [2.24, 2.45) is 0 Å². The number of H-pyrrole nitrogens is 1. The molecule has 4 aromatic rings. The van der Waals surface area contributed by atoms with Gasteiger partial charge in [-0.1, -0.05) is 12.1 Å². The highest BCUT2D eigenvalue weighted by molar-refractivity contribution is 5.92. The number of halogens is 4. The van der Waals surface area contributed by atoms with Gasteiger partial charge in [0.05, 0.1) is 23.9 Å². The van der Waals surface area contributed by atoms with Crippen LogP contribution >= 0.6 is 0 Å². The first kappa shape index (κ1) is 20.5. The lowest BCUT2D eigenvalue weighted by atomic mass is 10.0. The summed E-state index contributed by atoms with van der Waals surface area (Å²) in [4.78, 5) is 19.9. The fourth-order valence-corrected chi connectivity index (χ4v) is 3.12. The van der Waals surface area contributed by atoms with Crippen LogP contribution in [0.15, 0.2) is 48.9 Å². The number of hydrogen-bond donors (Lipinski definition) is 2. The van der Waals surface area contributed by atoms with E-state index >= 15 is 0 Å². The number of rotatable bonds is 4. The van der Waals surface area contributed by atoms with Gasteiger partial charge >= 0.3 is 6.18 Å². The maximum absolute atomic E-state index is 14.7. The first-order valence-corrected chi connectivity index (χ1v) is 9.12. The quantitative estimate of drug-likeness (QED) is 0.462. The average Bonchev–Trinajstić information content (AvgIpc) is 3.08. The third-order valence-electron chi connectivity index (χ3n) is 4.66. The number of hydrogen-bond acceptors (Lipinski definition) is 4. The monoisotopic (exact) mass is 429 g/mol. The molecule has 6 nitrogen and oxygen atoms in total. The first-order chi connectivity index (χ1) is 14.7. The minimum absolute atomic E-state index is 0.0909. The largest absolute Gasteiger partial charge is 0.417 e. The van der Waals surface area contributed by atoms with Crippen LogP contribution in [0.4, 0.5) is 23.2 Å². The van der Waals surface area contributed by atoms with Gasteiger partial charge in [0, 0.05) is 34.6 Å². The van der Waals surface area contributed by atoms with E-state index in [0.29, 0.717) is 28.5 Å². The van der Waals surface area contributed by atoms with Crippen LogP contribution in [0, 0.1) is 12.7 Å². The molecule has 3 heterocycles. The standard InChI is InChI=1S/C21H15F4N5O/c1-11-17-6-13(8-27-20(17)30-29-11)16-3-2-12(4-18(16)22)5-19(31)28-15-7-14(9-26-10-15)21(23,24)25/h2-4,6-10H,5H2,1H3,(H,28,31)(H,27,29,30). The molecular formula is C21H15F4N5O. The number of nitrogens with zero attached hydrogens (tertiary/aromatic N) is 3. The summed E-state index contributed by atoms with van der Waals surface area (Å²) in [5, 5.41) is 9.97. The molecule has 31 heavy (non-hydrogen) atoms. The van der Waals surface area contributed by atoms with Crippen LogP contribution in [0.3, 0.4) is 0 Å². The van der Waals surface area contributed by atoms with Gasteiger partial charge in [-0.05, 0) is 30.7 Å². The molecule has 0 unspecified atom stereocenters. The van der Waals surface area contributed by atoms with Crippen LogP contribution in [-0.2, 0) is 17.4 Å². The Balaban J connectivity index is 1.50. The second-order valence-electron chi connectivity index (χ2n) is 6.94. The minimum Gasteiger partial charge on any atom is -0.324 e. The minimum atomic E-state index is -4.57. The lowest BCUT2D eigenvalue weighted by Gasteiger charge is -2.10. The zero-order valence-electron chi connectivity index (χ0n) is 16.1. The van der Waals surface area contributed by atoms with E-state index in [9.17, 15) is 22.4 Å². The van der Waals surface area contributed by atoms with Crippen molar-refractivity contribution in [2.75, 3.05) is 5.32 Å². The zero-order chi connectivity index (χ0) is 22.2. The zero-order valence-corrected chi connectivity index (χ0v) is 16.1. The predicted octanol–water partition coefficient (Wildman–Crippen LogP) is 4.67. The topological polar surface area (TPSA) is 83.6 Å². The number of pyridine rings is 2. The Morgan fingerprint density at radius 3 is 2.68 bits per heavy atom. The van der Waals surface area contributed by atoms with Crippen LogP contribution in [0.2, 0.25) is 0 Å². The molecule has 0 aliphatic rings. The molecule has 3 aromatic heterocycles. The summed E-state index contributed by atoms with van der Waals surface area (Å²) < 4.78 is 53.0. The average molecular weight is 429 g/mol. The normalized spacial score (nSPS) is 11.6. The van der Waals surface area contributed by atoms with Gasteiger partial charge in [0.1, 0.15) is 5.82 Å². The molecule has 0 spiro atoms. The Hall–Kier alpha value is -3.82. The third-order valence-corrected chi connectivity index (χ3v) is 4.66. The summed E-state index contributed by atoms with van der Waals surface area (Å²) in [6.07, 6.45) is -1.50. The van der Waals surface area contributed by atoms with Gasteiger partial charge < -0.3 is 5.32 Å². The number of amides is 1. The molecule has 0 radical (unpaired) electrons. The highest BCUT2D eigenvalue weighted by Gasteiger charge is 2.31. The Labute approximate surface area is 173 Å². The van der Waals surface area contributed by atoms with Crippen LogP contribution in [0.1, 0.15) is 16.8 Å². The highest BCUT2D eigenvalue weighted by atomic mass is 19.4. The molecule has 0 aliphatic carbocycles. The summed E-state index contributed by atoms with van der Waals surface area (Å²) in [6, 6.07) is 6.88. The number of carbonyl (C=O) groups excluding carboxylic acids is 1. The van der Waals surface area contributed by atoms with Crippen LogP contribution in [0.25, 0.3) is 22.2 Å². The molecule has 158 valence electrons. The number of aromatic amines is 1. The molecule has 10 heteroatoms. The molecule has 0 fully saturated rings. The molecule has 2 N–H and O–H groups in total. The van der Waals surface area contributed by atoms with Crippen molar-refractivity contribution >= 4 is 22.6 Å². The highest BCUT2D eigenvalue weighted by Crippen LogP contribution is 2.30. The van der Waals surface area contributed by atoms with E-state index in [0.717, 1.165) is 23.3 Å². The molecule has 4 rings (SSSR count). The van der Waals surface area contributed by atoms with Crippen molar-refractivity contribution in [3.8, 4) is 11.1 Å². The van der Waals surface area contributed by atoms with Crippen molar-refractivity contribution < 1.29 is 22.4 Å². The number of alkyl halides is 3. The van der Waals surface area contributed by atoms with Crippen LogP contribution in [0.5, 0.6) is 0 Å². The van der Waals surface area contributed by atoms with E-state index < -0.39 is 23.5 Å². The van der Waals surface area contributed by atoms with E-state index in [1.807, 2.05) is 6.92 Å². The van der Waals surface area contributed by atoms with Crippen LogP contribution < -0.4 is 5.32 Å². The van der Waals surface area contributed by atoms with Gasteiger partial charge in [-0.15, -0.1) is 0 Å². The van der Waals surface area contributed by atoms with Gasteiger partial charge in [-0.3, -0.25) is 14.9 Å². The van der Waals surface area contributed by atoms with E-state index in [-0.39, 0.29) is 12.1 Å². The fourth-order valence-electron chi connectivity index (χ4n) is 3.12. The van der Waals surface area contributed by atoms with Gasteiger partial charge in [0.25, 0.3) is 0 Å². The smallest absolute Gasteiger partial charge is 0.324 e. The van der Waals surface area contributed by atoms with E-state index in [4.69, 9.17) is 0 Å². The maximum atomic E-state index is 14.7. The second-order valence-corrected chi connectivity index (χ2v) is 6.94. The van der Waals surface area contributed by atoms with Crippen molar-refractivity contribution in [1.29, 1.82) is 0 Å². The SMILES string of the molecule is Cc1[nH]nc2ncc(-c3ccc(CC(=O)Nc4cncc(C(F)(F)F)c4)cc3F)cc12. The van der Waals surface area contributed by atoms with Crippen molar-refractivity contribution in [1.82, 2.24) is 20.2 Å². The van der Waals surface area contributed by atoms with Crippen molar-refractivity contribution in [2.45, 2.75) is 19.5 Å². The molecule has 1 aromatic carbocycles. The Morgan fingerprint density at radius 1 is 1.13 bits per heavy atom. The van der Waals surface area contributed by atoms with E-state index in [1.54, 1.807) is 12.1 Å². The third kappa shape index (κ3) is 4.37. The van der Waals surface area contributed by atoms with Gasteiger partial charge in [-0.2, -0.15) is 18.3 Å². The molecular weight excluding hydrogens is 414 g/mol. The number of anilines is 1. The Morgan fingerprint density at radius 2 is 1.94 bits per heavy atom. The van der Waals surface area contributed by atoms with Crippen molar-refractivity contribution in [3.05, 3.63) is 71.6 Å². The lowest BCUT2D eigenvalue weighted by molar-refractivity contribution is -0.137. The number of nitrogens with one attached hydrogen (secondary N) is 2. The summed E-state index contributed by atoms with van der Waals surface area (Å²) in [5.41, 5.74) is 1.50. The molecule has 0 saturated carbocycles. The molecule has 0 aliphatic heterocycles. The van der Waals surface area contributed by atoms with E-state index in [1.165, 1.54) is 18.3 Å². The van der Waals surface area contributed by atoms with E-state index in [2.05, 4.69) is 25.5 Å². The summed E-state index contributed by atoms with van der Waals surface area (Å²) in [7, 11) is 0. The summed E-state index contributed by atoms with van der Waals surface area (Å²) in [6.45, 7) is 1.83. The molecule has 1 amide bonds. The molecule has 0 bridgehead atoms. The molecule has 0 saturated heterocycles. The van der Waals surface area contributed by atoms with Gasteiger partial charge in [0.2, 0.25) is 5.91 Å². The maximum Gasteiger partial charge on any atom is 0.417 e. The number of benzene rings is 1. The van der Waals surface area contributed by atoms with Crippen molar-refractivity contribution in [3.63, 3.8) is 0 Å². The summed E-state index contributed by atoms with van der Waals surface area (Å²) in [5.74, 6) is -1.14. The fraction of sp³-hybridized carbons (Fsp3) is 0.143. The number of fused-ring (bicyclic) bond motifs is 1. The Kier molecular flexibility index (Phi) is 5.14.